The van der Waals surface area contributed by atoms with Crippen LogP contribution in [0.1, 0.15) is 6.92 Å². The van der Waals surface area contributed by atoms with E-state index in [-0.39, 0.29) is 11.4 Å². The van der Waals surface area contributed by atoms with E-state index in [1.807, 2.05) is 0 Å². The lowest BCUT2D eigenvalue weighted by molar-refractivity contribution is -0.384. The molecule has 0 unspecified atom stereocenters. The predicted octanol–water partition coefficient (Wildman–Crippen LogP) is 2.95. The van der Waals surface area contributed by atoms with Gasteiger partial charge in [-0.1, -0.05) is 24.8 Å². The van der Waals surface area contributed by atoms with Gasteiger partial charge in [0.05, 0.1) is 16.9 Å². The average Bonchev–Trinajstić information content (AvgIpc) is 2.65. The second-order valence-corrected chi connectivity index (χ2v) is 7.99. The van der Waals surface area contributed by atoms with Crippen molar-refractivity contribution in [2.75, 3.05) is 22.5 Å². The Bertz CT molecular complexity index is 1020. The monoisotopic (exact) mass is 419 g/mol. The molecule has 2 rings (SSSR count). The highest BCUT2D eigenvalue weighted by Crippen LogP contribution is 2.26. The van der Waals surface area contributed by atoms with Crippen molar-refractivity contribution < 1.29 is 22.9 Å². The summed E-state index contributed by atoms with van der Waals surface area (Å²) in [4.78, 5) is 23.1. The largest absolute Gasteiger partial charge is 0.489 e. The number of carbonyl (C=O) groups is 1. The summed E-state index contributed by atoms with van der Waals surface area (Å²) in [5, 5.41) is 13.7. The predicted molar refractivity (Wildman–Crippen MR) is 111 cm³/mol. The Kier molecular flexibility index (Phi) is 6.94. The Morgan fingerprint density at radius 1 is 1.31 bits per heavy atom. The van der Waals surface area contributed by atoms with Crippen LogP contribution in [0.2, 0.25) is 0 Å². The first-order valence-corrected chi connectivity index (χ1v) is 10.4. The molecular weight excluding hydrogens is 398 g/mol. The number of anilines is 2. The van der Waals surface area contributed by atoms with Crippen molar-refractivity contribution >= 4 is 33.0 Å². The van der Waals surface area contributed by atoms with Crippen LogP contribution in [-0.2, 0) is 14.8 Å². The minimum absolute atomic E-state index is 0.0208. The molecule has 2 aromatic rings. The van der Waals surface area contributed by atoms with Crippen molar-refractivity contribution in [2.45, 2.75) is 13.0 Å². The van der Waals surface area contributed by atoms with Crippen LogP contribution in [0.5, 0.6) is 5.75 Å². The van der Waals surface area contributed by atoms with Gasteiger partial charge in [-0.2, -0.15) is 0 Å². The molecule has 0 saturated heterocycles. The number of nitrogens with zero attached hydrogens (tertiary/aromatic N) is 2. The van der Waals surface area contributed by atoms with Crippen LogP contribution in [0.25, 0.3) is 0 Å². The number of amides is 1. The van der Waals surface area contributed by atoms with Crippen LogP contribution >= 0.6 is 0 Å². The van der Waals surface area contributed by atoms with Gasteiger partial charge in [0.15, 0.2) is 0 Å². The van der Waals surface area contributed by atoms with E-state index in [2.05, 4.69) is 11.9 Å². The van der Waals surface area contributed by atoms with Gasteiger partial charge in [-0.3, -0.25) is 19.2 Å². The molecule has 0 fully saturated rings. The highest BCUT2D eigenvalue weighted by Gasteiger charge is 2.30. The molecule has 0 heterocycles. The smallest absolute Gasteiger partial charge is 0.271 e. The molecule has 0 aliphatic carbocycles. The van der Waals surface area contributed by atoms with E-state index in [0.29, 0.717) is 18.0 Å². The lowest BCUT2D eigenvalue weighted by atomic mass is 10.2. The van der Waals surface area contributed by atoms with Gasteiger partial charge in [-0.05, 0) is 25.1 Å². The van der Waals surface area contributed by atoms with Gasteiger partial charge in [0.1, 0.15) is 18.4 Å². The summed E-state index contributed by atoms with van der Waals surface area (Å²) < 4.78 is 30.9. The molecule has 0 aliphatic rings. The van der Waals surface area contributed by atoms with Crippen molar-refractivity contribution in [1.82, 2.24) is 0 Å². The Labute approximate surface area is 168 Å². The third-order valence-corrected chi connectivity index (χ3v) is 5.09. The van der Waals surface area contributed by atoms with Crippen LogP contribution in [0.3, 0.4) is 0 Å². The van der Waals surface area contributed by atoms with Crippen LogP contribution < -0.4 is 14.4 Å². The minimum Gasteiger partial charge on any atom is -0.489 e. The summed E-state index contributed by atoms with van der Waals surface area (Å²) >= 11 is 0. The standard InChI is InChI=1S/C19H21N3O6S/c1-4-11-28-18-10-5-7-15(12-18)20-19(23)14(2)21(29(3,26)27)16-8-6-9-17(13-16)22(24)25/h4-10,12-14H,1,11H2,2-3H3,(H,20,23)/t14-/m0/s1. The van der Waals surface area contributed by atoms with Gasteiger partial charge in [-0.15, -0.1) is 0 Å². The molecule has 2 aromatic carbocycles. The van der Waals surface area contributed by atoms with E-state index >= 15 is 0 Å². The summed E-state index contributed by atoms with van der Waals surface area (Å²) in [6, 6.07) is 10.5. The molecule has 1 N–H and O–H groups in total. The molecule has 0 bridgehead atoms. The maximum atomic E-state index is 12.7. The molecule has 0 radical (unpaired) electrons. The molecule has 29 heavy (non-hydrogen) atoms. The molecule has 0 aliphatic heterocycles. The lowest BCUT2D eigenvalue weighted by Gasteiger charge is -2.28. The van der Waals surface area contributed by atoms with Gasteiger partial charge in [0.2, 0.25) is 15.9 Å². The number of hydrogen-bond acceptors (Lipinski definition) is 6. The van der Waals surface area contributed by atoms with Crippen LogP contribution in [-0.4, -0.2) is 38.2 Å². The van der Waals surface area contributed by atoms with Crippen molar-refractivity contribution in [3.05, 3.63) is 71.3 Å². The van der Waals surface area contributed by atoms with Crippen LogP contribution in [0.4, 0.5) is 17.1 Å². The van der Waals surface area contributed by atoms with E-state index in [0.717, 1.165) is 16.6 Å². The minimum atomic E-state index is -3.90. The van der Waals surface area contributed by atoms with Crippen molar-refractivity contribution in [1.29, 1.82) is 0 Å². The third-order valence-electron chi connectivity index (χ3n) is 3.85. The number of nitro groups is 1. The zero-order valence-corrected chi connectivity index (χ0v) is 16.8. The molecule has 1 amide bonds. The maximum absolute atomic E-state index is 12.7. The quantitative estimate of drug-likeness (QED) is 0.379. The van der Waals surface area contributed by atoms with Crippen LogP contribution in [0, 0.1) is 10.1 Å². The zero-order valence-electron chi connectivity index (χ0n) is 15.9. The number of nitro benzene ring substituents is 1. The van der Waals surface area contributed by atoms with Gasteiger partial charge in [0.25, 0.3) is 5.69 Å². The van der Waals surface area contributed by atoms with Crippen LogP contribution in [0.15, 0.2) is 61.2 Å². The fourth-order valence-corrected chi connectivity index (χ4v) is 3.78. The highest BCUT2D eigenvalue weighted by molar-refractivity contribution is 7.92. The summed E-state index contributed by atoms with van der Waals surface area (Å²) in [5.41, 5.74) is 0.152. The fourth-order valence-electron chi connectivity index (χ4n) is 2.62. The summed E-state index contributed by atoms with van der Waals surface area (Å²) in [5.74, 6) is -0.100. The molecule has 9 nitrogen and oxygen atoms in total. The average molecular weight is 419 g/mol. The van der Waals surface area contributed by atoms with E-state index in [9.17, 15) is 23.3 Å². The van der Waals surface area contributed by atoms with E-state index < -0.39 is 26.9 Å². The number of carbonyl (C=O) groups excluding carboxylic acids is 1. The second kappa shape index (κ2) is 9.20. The van der Waals surface area contributed by atoms with Crippen molar-refractivity contribution in [2.24, 2.45) is 0 Å². The first-order chi connectivity index (χ1) is 13.6. The first-order valence-electron chi connectivity index (χ1n) is 8.52. The first kappa shape index (κ1) is 21.9. The molecule has 154 valence electrons. The Hall–Kier alpha value is -3.40. The molecule has 0 spiro atoms. The third kappa shape index (κ3) is 5.79. The number of ether oxygens (including phenoxy) is 1. The SMILES string of the molecule is C=CCOc1cccc(NC(=O)[C@H](C)N(c2cccc([N+](=O)[O-])c2)S(C)(=O)=O)c1. The summed E-state index contributed by atoms with van der Waals surface area (Å²) in [6.45, 7) is 5.25. The lowest BCUT2D eigenvalue weighted by Crippen LogP contribution is -2.45. The van der Waals surface area contributed by atoms with Gasteiger partial charge >= 0.3 is 0 Å². The van der Waals surface area contributed by atoms with Gasteiger partial charge < -0.3 is 10.1 Å². The number of rotatable bonds is 9. The maximum Gasteiger partial charge on any atom is 0.271 e. The molecule has 0 saturated carbocycles. The molecular formula is C19H21N3O6S. The molecule has 10 heteroatoms. The van der Waals surface area contributed by atoms with Gasteiger partial charge in [-0.25, -0.2) is 8.42 Å². The number of hydrogen-bond donors (Lipinski definition) is 1. The zero-order chi connectivity index (χ0) is 21.6. The van der Waals surface area contributed by atoms with Crippen molar-refractivity contribution in [3.63, 3.8) is 0 Å². The second-order valence-electron chi connectivity index (χ2n) is 6.13. The van der Waals surface area contributed by atoms with E-state index in [1.54, 1.807) is 30.3 Å². The fraction of sp³-hybridized carbons (Fsp3) is 0.211. The highest BCUT2D eigenvalue weighted by atomic mass is 32.2. The summed E-state index contributed by atoms with van der Waals surface area (Å²) in [6.07, 6.45) is 2.51. The normalized spacial score (nSPS) is 11.9. The topological polar surface area (TPSA) is 119 Å². The Morgan fingerprint density at radius 3 is 2.62 bits per heavy atom. The van der Waals surface area contributed by atoms with E-state index in [4.69, 9.17) is 4.74 Å². The Balaban J connectivity index is 2.29. The summed E-state index contributed by atoms with van der Waals surface area (Å²) in [7, 11) is -3.90. The van der Waals surface area contributed by atoms with Gasteiger partial charge in [0, 0.05) is 23.9 Å². The number of nitrogens with one attached hydrogen (secondary N) is 1. The number of sulfonamides is 1. The molecule has 0 aromatic heterocycles. The van der Waals surface area contributed by atoms with Crippen molar-refractivity contribution in [3.8, 4) is 5.75 Å². The number of non-ortho nitro benzene ring substituents is 1. The Morgan fingerprint density at radius 2 is 2.00 bits per heavy atom. The van der Waals surface area contributed by atoms with E-state index in [1.165, 1.54) is 25.1 Å². The molecule has 1 atom stereocenters. The number of benzene rings is 2.